The highest BCUT2D eigenvalue weighted by atomic mass is 35.5. The Morgan fingerprint density at radius 1 is 1.17 bits per heavy atom. The molecule has 1 amide bonds. The van der Waals surface area contributed by atoms with Gasteiger partial charge in [-0.25, -0.2) is 4.68 Å². The highest BCUT2D eigenvalue weighted by Gasteiger charge is 2.12. The third kappa shape index (κ3) is 3.55. The van der Waals surface area contributed by atoms with E-state index >= 15 is 0 Å². The van der Waals surface area contributed by atoms with Crippen LogP contribution in [0.1, 0.15) is 17.3 Å². The smallest absolute Gasteiger partial charge is 0.255 e. The Balaban J connectivity index is 1.87. The molecule has 6 nitrogen and oxygen atoms in total. The second kappa shape index (κ2) is 6.98. The van der Waals surface area contributed by atoms with E-state index in [2.05, 4.69) is 20.8 Å². The lowest BCUT2D eigenvalue weighted by molar-refractivity contribution is 0.102. The molecule has 2 aromatic carbocycles. The van der Waals surface area contributed by atoms with E-state index < -0.39 is 0 Å². The van der Waals surface area contributed by atoms with Crippen molar-refractivity contribution in [3.63, 3.8) is 0 Å². The van der Waals surface area contributed by atoms with Gasteiger partial charge in [-0.3, -0.25) is 4.79 Å². The molecule has 3 aromatic rings. The zero-order chi connectivity index (χ0) is 17.1. The maximum Gasteiger partial charge on any atom is 0.255 e. The van der Waals surface area contributed by atoms with E-state index in [9.17, 15) is 4.79 Å². The molecule has 122 valence electrons. The van der Waals surface area contributed by atoms with Crippen molar-refractivity contribution in [1.29, 1.82) is 0 Å². The summed E-state index contributed by atoms with van der Waals surface area (Å²) in [7, 11) is 0. The molecule has 0 atom stereocenters. The molecule has 0 aliphatic carbocycles. The van der Waals surface area contributed by atoms with Crippen LogP contribution in [0.2, 0.25) is 10.0 Å². The van der Waals surface area contributed by atoms with Crippen LogP contribution in [0, 0.1) is 0 Å². The lowest BCUT2D eigenvalue weighted by atomic mass is 10.1. The van der Waals surface area contributed by atoms with Gasteiger partial charge in [0.2, 0.25) is 0 Å². The number of aromatic nitrogens is 4. The molecule has 0 aliphatic rings. The van der Waals surface area contributed by atoms with Crippen molar-refractivity contribution in [2.24, 2.45) is 0 Å². The first kappa shape index (κ1) is 16.4. The van der Waals surface area contributed by atoms with Crippen LogP contribution in [-0.2, 0) is 6.54 Å². The van der Waals surface area contributed by atoms with Crippen molar-refractivity contribution in [2.45, 2.75) is 13.5 Å². The number of amides is 1. The number of nitrogens with one attached hydrogen (secondary N) is 1. The number of rotatable bonds is 4. The summed E-state index contributed by atoms with van der Waals surface area (Å²) in [6.07, 6.45) is 0. The molecule has 0 saturated heterocycles. The van der Waals surface area contributed by atoms with Crippen LogP contribution in [0.15, 0.2) is 42.5 Å². The number of nitrogens with zero attached hydrogens (tertiary/aromatic N) is 4. The number of benzene rings is 2. The van der Waals surface area contributed by atoms with Gasteiger partial charge in [0, 0.05) is 33.4 Å². The summed E-state index contributed by atoms with van der Waals surface area (Å²) >= 11 is 11.9. The van der Waals surface area contributed by atoms with E-state index in [1.165, 1.54) is 0 Å². The number of tetrazole rings is 1. The molecule has 1 N–H and O–H groups in total. The SMILES string of the molecule is CCn1nnnc1-c1cccc(C(=O)Nc2cc(Cl)cc(Cl)c2)c1. The molecule has 0 spiro atoms. The molecule has 8 heteroatoms. The molecule has 0 saturated carbocycles. The van der Waals surface area contributed by atoms with Gasteiger partial charge in [0.1, 0.15) is 0 Å². The maximum absolute atomic E-state index is 12.5. The number of carbonyl (C=O) groups excluding carboxylic acids is 1. The van der Waals surface area contributed by atoms with Gasteiger partial charge in [0.25, 0.3) is 5.91 Å². The number of halogens is 2. The fourth-order valence-corrected chi connectivity index (χ4v) is 2.78. The van der Waals surface area contributed by atoms with Crippen molar-refractivity contribution >= 4 is 34.8 Å². The minimum Gasteiger partial charge on any atom is -0.322 e. The monoisotopic (exact) mass is 361 g/mol. The van der Waals surface area contributed by atoms with E-state index in [1.54, 1.807) is 41.1 Å². The summed E-state index contributed by atoms with van der Waals surface area (Å²) in [5, 5.41) is 15.2. The van der Waals surface area contributed by atoms with E-state index in [0.29, 0.717) is 33.7 Å². The lowest BCUT2D eigenvalue weighted by Gasteiger charge is -2.08. The third-order valence-electron chi connectivity index (χ3n) is 3.33. The molecule has 3 rings (SSSR count). The van der Waals surface area contributed by atoms with Crippen molar-refractivity contribution < 1.29 is 4.79 Å². The zero-order valence-electron chi connectivity index (χ0n) is 12.7. The van der Waals surface area contributed by atoms with Gasteiger partial charge in [-0.05, 0) is 47.7 Å². The second-order valence-electron chi connectivity index (χ2n) is 5.01. The van der Waals surface area contributed by atoms with Gasteiger partial charge in [-0.2, -0.15) is 0 Å². The molecule has 0 bridgehead atoms. The Labute approximate surface area is 148 Å². The Morgan fingerprint density at radius 2 is 1.92 bits per heavy atom. The number of anilines is 1. The van der Waals surface area contributed by atoms with E-state index in [-0.39, 0.29) is 5.91 Å². The quantitative estimate of drug-likeness (QED) is 0.764. The molecule has 24 heavy (non-hydrogen) atoms. The Morgan fingerprint density at radius 3 is 2.62 bits per heavy atom. The minimum atomic E-state index is -0.272. The van der Waals surface area contributed by atoms with Crippen LogP contribution in [0.25, 0.3) is 11.4 Å². The predicted octanol–water partition coefficient (Wildman–Crippen LogP) is 3.92. The van der Waals surface area contributed by atoms with E-state index in [0.717, 1.165) is 5.56 Å². The molecule has 0 unspecified atom stereocenters. The van der Waals surface area contributed by atoms with Crippen LogP contribution < -0.4 is 5.32 Å². The minimum absolute atomic E-state index is 0.272. The second-order valence-corrected chi connectivity index (χ2v) is 5.88. The van der Waals surface area contributed by atoms with Crippen molar-refractivity contribution in [3.05, 3.63) is 58.1 Å². The fraction of sp³-hybridized carbons (Fsp3) is 0.125. The number of aryl methyl sites for hydroxylation is 1. The van der Waals surface area contributed by atoms with Gasteiger partial charge >= 0.3 is 0 Å². The summed E-state index contributed by atoms with van der Waals surface area (Å²) in [5.74, 6) is 0.337. The average Bonchev–Trinajstić information content (AvgIpc) is 3.02. The lowest BCUT2D eigenvalue weighted by Crippen LogP contribution is -2.12. The average molecular weight is 362 g/mol. The summed E-state index contributed by atoms with van der Waals surface area (Å²) in [6.45, 7) is 2.58. The zero-order valence-corrected chi connectivity index (χ0v) is 14.2. The highest BCUT2D eigenvalue weighted by molar-refractivity contribution is 6.35. The van der Waals surface area contributed by atoms with Crippen molar-refractivity contribution in [2.75, 3.05) is 5.32 Å². The molecule has 0 fully saturated rings. The fourth-order valence-electron chi connectivity index (χ4n) is 2.25. The standard InChI is InChI=1S/C16H13Cl2N5O/c1-2-23-15(20-21-22-23)10-4-3-5-11(6-10)16(24)19-14-8-12(17)7-13(18)9-14/h3-9H,2H2,1H3,(H,19,24). The summed E-state index contributed by atoms with van der Waals surface area (Å²) in [6, 6.07) is 11.9. The molecular formula is C16H13Cl2N5O. The highest BCUT2D eigenvalue weighted by Crippen LogP contribution is 2.23. The third-order valence-corrected chi connectivity index (χ3v) is 3.77. The molecule has 1 heterocycles. The predicted molar refractivity (Wildman–Crippen MR) is 93.3 cm³/mol. The normalized spacial score (nSPS) is 10.6. The van der Waals surface area contributed by atoms with Gasteiger partial charge in [-0.1, -0.05) is 35.3 Å². The Bertz CT molecular complexity index is 873. The van der Waals surface area contributed by atoms with Crippen LogP contribution in [-0.4, -0.2) is 26.1 Å². The number of carbonyl (C=O) groups is 1. The van der Waals surface area contributed by atoms with Crippen LogP contribution in [0.4, 0.5) is 5.69 Å². The first-order chi connectivity index (χ1) is 11.6. The van der Waals surface area contributed by atoms with Crippen LogP contribution >= 0.6 is 23.2 Å². The van der Waals surface area contributed by atoms with Crippen molar-refractivity contribution in [1.82, 2.24) is 20.2 Å². The summed E-state index contributed by atoms with van der Waals surface area (Å²) in [5.41, 5.74) is 1.77. The van der Waals surface area contributed by atoms with Gasteiger partial charge in [0.15, 0.2) is 5.82 Å². The molecular weight excluding hydrogens is 349 g/mol. The topological polar surface area (TPSA) is 72.7 Å². The first-order valence-electron chi connectivity index (χ1n) is 7.21. The van der Waals surface area contributed by atoms with Gasteiger partial charge in [0.05, 0.1) is 0 Å². The number of hydrogen-bond acceptors (Lipinski definition) is 4. The van der Waals surface area contributed by atoms with E-state index in [4.69, 9.17) is 23.2 Å². The first-order valence-corrected chi connectivity index (χ1v) is 7.96. The van der Waals surface area contributed by atoms with Crippen LogP contribution in [0.5, 0.6) is 0 Å². The molecule has 0 radical (unpaired) electrons. The number of hydrogen-bond donors (Lipinski definition) is 1. The van der Waals surface area contributed by atoms with Crippen molar-refractivity contribution in [3.8, 4) is 11.4 Å². The molecule has 1 aromatic heterocycles. The Kier molecular flexibility index (Phi) is 4.78. The van der Waals surface area contributed by atoms with Crippen LogP contribution in [0.3, 0.4) is 0 Å². The largest absolute Gasteiger partial charge is 0.322 e. The van der Waals surface area contributed by atoms with E-state index in [1.807, 2.05) is 13.0 Å². The maximum atomic E-state index is 12.5. The van der Waals surface area contributed by atoms with Gasteiger partial charge < -0.3 is 5.32 Å². The summed E-state index contributed by atoms with van der Waals surface area (Å²) < 4.78 is 1.66. The summed E-state index contributed by atoms with van der Waals surface area (Å²) in [4.78, 5) is 12.5. The molecule has 0 aliphatic heterocycles. The Hall–Kier alpha value is -2.44. The van der Waals surface area contributed by atoms with Gasteiger partial charge in [-0.15, -0.1) is 5.10 Å².